The molecule has 0 aliphatic heterocycles. The zero-order valence-electron chi connectivity index (χ0n) is 11.7. The Morgan fingerprint density at radius 2 is 1.80 bits per heavy atom. The summed E-state index contributed by atoms with van der Waals surface area (Å²) >= 11 is 0. The molecular weight excluding hydrogens is 256 g/mol. The van der Waals surface area contributed by atoms with Crippen molar-refractivity contribution in [3.8, 4) is 0 Å². The van der Waals surface area contributed by atoms with Gasteiger partial charge in [0.1, 0.15) is 6.04 Å². The van der Waals surface area contributed by atoms with Crippen LogP contribution in [0.4, 0.5) is 5.69 Å². The van der Waals surface area contributed by atoms with Crippen molar-refractivity contribution in [2.24, 2.45) is 5.92 Å². The molecule has 1 aromatic rings. The van der Waals surface area contributed by atoms with Gasteiger partial charge in [-0.15, -0.1) is 0 Å². The minimum Gasteiger partial charge on any atom is -0.480 e. The second kappa shape index (κ2) is 5.15. The first-order valence-corrected chi connectivity index (χ1v) is 6.76. The number of rotatable bonds is 5. The predicted molar refractivity (Wildman–Crippen MR) is 76.2 cm³/mol. The van der Waals surface area contributed by atoms with Gasteiger partial charge in [0.2, 0.25) is 5.91 Å². The molecule has 0 heterocycles. The lowest BCUT2D eigenvalue weighted by Crippen LogP contribution is -2.48. The number of benzene rings is 1. The van der Waals surface area contributed by atoms with Crippen molar-refractivity contribution in [3.63, 3.8) is 0 Å². The maximum Gasteiger partial charge on any atom is 0.326 e. The number of carboxylic acids is 1. The van der Waals surface area contributed by atoms with E-state index in [4.69, 9.17) is 10.8 Å². The van der Waals surface area contributed by atoms with Crippen LogP contribution in [-0.2, 0) is 15.0 Å². The van der Waals surface area contributed by atoms with Gasteiger partial charge in [-0.3, -0.25) is 4.79 Å². The lowest BCUT2D eigenvalue weighted by Gasteiger charge is -2.22. The number of nitrogens with one attached hydrogen (secondary N) is 1. The molecule has 5 nitrogen and oxygen atoms in total. The minimum absolute atomic E-state index is 0.154. The third kappa shape index (κ3) is 2.61. The van der Waals surface area contributed by atoms with Crippen LogP contribution in [0.1, 0.15) is 32.3 Å². The highest BCUT2D eigenvalue weighted by Crippen LogP contribution is 2.48. The van der Waals surface area contributed by atoms with Gasteiger partial charge in [-0.05, 0) is 36.5 Å². The number of carbonyl (C=O) groups excluding carboxylic acids is 1. The van der Waals surface area contributed by atoms with Gasteiger partial charge in [-0.25, -0.2) is 4.79 Å². The van der Waals surface area contributed by atoms with Crippen LogP contribution in [0.2, 0.25) is 0 Å². The number of aliphatic carboxylic acids is 1. The number of carbonyl (C=O) groups is 2. The first kappa shape index (κ1) is 14.4. The summed E-state index contributed by atoms with van der Waals surface area (Å²) in [6.07, 6.45) is 1.49. The van der Waals surface area contributed by atoms with Crippen molar-refractivity contribution in [1.82, 2.24) is 5.32 Å². The minimum atomic E-state index is -0.999. The molecule has 2 rings (SSSR count). The van der Waals surface area contributed by atoms with Gasteiger partial charge >= 0.3 is 5.97 Å². The lowest BCUT2D eigenvalue weighted by molar-refractivity contribution is -0.143. The molecular formula is C15H20N2O3. The first-order chi connectivity index (χ1) is 9.36. The summed E-state index contributed by atoms with van der Waals surface area (Å²) in [6.45, 7) is 3.56. The highest BCUT2D eigenvalue weighted by Gasteiger charge is 2.52. The number of carboxylic acid groups (broad SMARTS) is 1. The summed E-state index contributed by atoms with van der Waals surface area (Å²) in [5.74, 6) is -1.36. The van der Waals surface area contributed by atoms with Crippen molar-refractivity contribution < 1.29 is 14.7 Å². The van der Waals surface area contributed by atoms with Crippen molar-refractivity contribution in [2.75, 3.05) is 5.73 Å². The van der Waals surface area contributed by atoms with E-state index in [0.29, 0.717) is 5.69 Å². The molecule has 0 bridgehead atoms. The smallest absolute Gasteiger partial charge is 0.326 e. The molecule has 0 spiro atoms. The van der Waals surface area contributed by atoms with Gasteiger partial charge in [0.25, 0.3) is 0 Å². The summed E-state index contributed by atoms with van der Waals surface area (Å²) in [5.41, 5.74) is 6.62. The average Bonchev–Trinajstić information content (AvgIpc) is 3.17. The van der Waals surface area contributed by atoms with E-state index in [0.717, 1.165) is 18.4 Å². The third-order valence-corrected chi connectivity index (χ3v) is 3.87. The molecule has 20 heavy (non-hydrogen) atoms. The Hall–Kier alpha value is -2.04. The second-order valence-corrected chi connectivity index (χ2v) is 5.74. The van der Waals surface area contributed by atoms with Crippen LogP contribution in [0.25, 0.3) is 0 Å². The third-order valence-electron chi connectivity index (χ3n) is 3.87. The van der Waals surface area contributed by atoms with E-state index in [1.807, 2.05) is 12.1 Å². The Bertz CT molecular complexity index is 518. The van der Waals surface area contributed by atoms with Crippen molar-refractivity contribution in [3.05, 3.63) is 29.8 Å². The molecule has 0 unspecified atom stereocenters. The van der Waals surface area contributed by atoms with Gasteiger partial charge in [0, 0.05) is 5.69 Å². The van der Waals surface area contributed by atoms with Crippen LogP contribution in [-0.4, -0.2) is 23.0 Å². The number of hydrogen-bond acceptors (Lipinski definition) is 3. The Kier molecular flexibility index (Phi) is 3.70. The molecule has 1 saturated carbocycles. The second-order valence-electron chi connectivity index (χ2n) is 5.74. The molecule has 108 valence electrons. The number of hydrogen-bond donors (Lipinski definition) is 3. The highest BCUT2D eigenvalue weighted by molar-refractivity contribution is 5.94. The van der Waals surface area contributed by atoms with E-state index >= 15 is 0 Å². The molecule has 1 aliphatic rings. The fourth-order valence-electron chi connectivity index (χ4n) is 2.37. The molecule has 1 amide bonds. The average molecular weight is 276 g/mol. The number of nitrogen functional groups attached to an aromatic ring is 1. The molecule has 5 heteroatoms. The van der Waals surface area contributed by atoms with Gasteiger partial charge in [-0.1, -0.05) is 26.0 Å². The zero-order valence-corrected chi connectivity index (χ0v) is 11.7. The van der Waals surface area contributed by atoms with Crippen molar-refractivity contribution in [2.45, 2.75) is 38.1 Å². The number of amides is 1. The molecule has 1 fully saturated rings. The van der Waals surface area contributed by atoms with E-state index in [1.54, 1.807) is 26.0 Å². The van der Waals surface area contributed by atoms with Crippen LogP contribution in [0, 0.1) is 5.92 Å². The van der Waals surface area contributed by atoms with E-state index in [9.17, 15) is 9.59 Å². The van der Waals surface area contributed by atoms with Crippen molar-refractivity contribution in [1.29, 1.82) is 0 Å². The monoisotopic (exact) mass is 276 g/mol. The van der Waals surface area contributed by atoms with Crippen molar-refractivity contribution >= 4 is 17.6 Å². The topological polar surface area (TPSA) is 92.4 Å². The van der Waals surface area contributed by atoms with E-state index in [-0.39, 0.29) is 11.8 Å². The zero-order chi connectivity index (χ0) is 14.9. The van der Waals surface area contributed by atoms with E-state index in [2.05, 4.69) is 5.32 Å². The normalized spacial score (nSPS) is 17.6. The first-order valence-electron chi connectivity index (χ1n) is 6.76. The summed E-state index contributed by atoms with van der Waals surface area (Å²) in [7, 11) is 0. The number of anilines is 1. The Balaban J connectivity index is 2.16. The lowest BCUT2D eigenvalue weighted by atomic mass is 9.93. The largest absolute Gasteiger partial charge is 0.480 e. The maximum absolute atomic E-state index is 12.4. The van der Waals surface area contributed by atoms with Crippen LogP contribution in [0.15, 0.2) is 24.3 Å². The molecule has 0 radical (unpaired) electrons. The SMILES string of the molecule is CC(C)[C@H](NC(=O)C1(c2ccc(N)cc2)CC1)C(=O)O. The maximum atomic E-state index is 12.4. The summed E-state index contributed by atoms with van der Waals surface area (Å²) in [6, 6.07) is 6.36. The summed E-state index contributed by atoms with van der Waals surface area (Å²) < 4.78 is 0. The molecule has 4 N–H and O–H groups in total. The Morgan fingerprint density at radius 3 is 2.20 bits per heavy atom. The Labute approximate surface area is 118 Å². The molecule has 1 aromatic carbocycles. The van der Waals surface area contributed by atoms with E-state index in [1.165, 1.54) is 0 Å². The molecule has 1 aliphatic carbocycles. The Morgan fingerprint density at radius 1 is 1.25 bits per heavy atom. The van der Waals surface area contributed by atoms with Crippen LogP contribution >= 0.6 is 0 Å². The molecule has 0 saturated heterocycles. The number of nitrogens with two attached hydrogens (primary N) is 1. The van der Waals surface area contributed by atoms with E-state index < -0.39 is 17.4 Å². The fourth-order valence-corrected chi connectivity index (χ4v) is 2.37. The quantitative estimate of drug-likeness (QED) is 0.711. The molecule has 1 atom stereocenters. The summed E-state index contributed by atoms with van der Waals surface area (Å²) in [5, 5.41) is 11.8. The fraction of sp³-hybridized carbons (Fsp3) is 0.467. The molecule has 0 aromatic heterocycles. The van der Waals surface area contributed by atoms with Gasteiger partial charge < -0.3 is 16.2 Å². The highest BCUT2D eigenvalue weighted by atomic mass is 16.4. The van der Waals surface area contributed by atoms with Gasteiger partial charge in [-0.2, -0.15) is 0 Å². The van der Waals surface area contributed by atoms with Crippen LogP contribution in [0.5, 0.6) is 0 Å². The van der Waals surface area contributed by atoms with Crippen LogP contribution < -0.4 is 11.1 Å². The summed E-state index contributed by atoms with van der Waals surface area (Å²) in [4.78, 5) is 23.6. The van der Waals surface area contributed by atoms with Gasteiger partial charge in [0.15, 0.2) is 0 Å². The predicted octanol–water partition coefficient (Wildman–Crippen LogP) is 1.53. The standard InChI is InChI=1S/C15H20N2O3/c1-9(2)12(13(18)19)17-14(20)15(7-8-15)10-3-5-11(16)6-4-10/h3-6,9,12H,7-8,16H2,1-2H3,(H,17,20)(H,18,19)/t12-/m0/s1. The van der Waals surface area contributed by atoms with Crippen LogP contribution in [0.3, 0.4) is 0 Å². The van der Waals surface area contributed by atoms with Gasteiger partial charge in [0.05, 0.1) is 5.41 Å².